The van der Waals surface area contributed by atoms with Crippen LogP contribution in [0.4, 0.5) is 0 Å². The van der Waals surface area contributed by atoms with Crippen LogP contribution in [0.15, 0.2) is 0 Å². The zero-order valence-electron chi connectivity index (χ0n) is 9.28. The molecule has 0 aromatic rings. The van der Waals surface area contributed by atoms with E-state index in [1.54, 1.807) is 0 Å². The van der Waals surface area contributed by atoms with Crippen molar-refractivity contribution in [3.63, 3.8) is 0 Å². The summed E-state index contributed by atoms with van der Waals surface area (Å²) in [5.74, 6) is 0. The molecule has 0 amide bonds. The highest BCUT2D eigenvalue weighted by molar-refractivity contribution is 7.87. The van der Waals surface area contributed by atoms with E-state index in [1.807, 2.05) is 6.92 Å². The van der Waals surface area contributed by atoms with Crippen LogP contribution in [0.25, 0.3) is 0 Å². The summed E-state index contributed by atoms with van der Waals surface area (Å²) in [5.41, 5.74) is 5.52. The van der Waals surface area contributed by atoms with Crippen molar-refractivity contribution in [2.75, 3.05) is 19.6 Å². The molecule has 1 heterocycles. The van der Waals surface area contributed by atoms with Crippen LogP contribution in [0.1, 0.15) is 32.6 Å². The Kier molecular flexibility index (Phi) is 4.98. The van der Waals surface area contributed by atoms with Crippen LogP contribution in [0.3, 0.4) is 0 Å². The summed E-state index contributed by atoms with van der Waals surface area (Å²) in [7, 11) is -3.29. The van der Waals surface area contributed by atoms with Gasteiger partial charge >= 0.3 is 0 Å². The van der Waals surface area contributed by atoms with E-state index in [-0.39, 0.29) is 6.04 Å². The zero-order valence-corrected chi connectivity index (χ0v) is 10.1. The molecule has 0 aromatic heterocycles. The molecule has 0 aromatic carbocycles. The highest BCUT2D eigenvalue weighted by Crippen LogP contribution is 2.12. The Hall–Kier alpha value is -0.170. The van der Waals surface area contributed by atoms with Gasteiger partial charge in [0.15, 0.2) is 0 Å². The molecule has 1 saturated heterocycles. The van der Waals surface area contributed by atoms with Crippen molar-refractivity contribution in [2.45, 2.75) is 38.6 Å². The molecule has 0 aliphatic carbocycles. The summed E-state index contributed by atoms with van der Waals surface area (Å²) in [6.07, 6.45) is 3.65. The van der Waals surface area contributed by atoms with Crippen LogP contribution < -0.4 is 10.5 Å². The molecule has 1 rings (SSSR count). The first-order valence-corrected chi connectivity index (χ1v) is 7.01. The van der Waals surface area contributed by atoms with E-state index < -0.39 is 10.2 Å². The summed E-state index contributed by atoms with van der Waals surface area (Å²) in [6.45, 7) is 3.66. The minimum Gasteiger partial charge on any atom is -0.329 e. The Labute approximate surface area is 92.2 Å². The van der Waals surface area contributed by atoms with Gasteiger partial charge in [-0.1, -0.05) is 13.3 Å². The summed E-state index contributed by atoms with van der Waals surface area (Å²) in [6, 6.07) is -0.124. The van der Waals surface area contributed by atoms with Crippen LogP contribution in [0.5, 0.6) is 0 Å². The Bertz CT molecular complexity index is 273. The van der Waals surface area contributed by atoms with Crippen molar-refractivity contribution < 1.29 is 8.42 Å². The molecular weight excluding hydrogens is 214 g/mol. The second kappa shape index (κ2) is 5.79. The average molecular weight is 235 g/mol. The second-order valence-electron chi connectivity index (χ2n) is 3.95. The smallest absolute Gasteiger partial charge is 0.279 e. The molecule has 90 valence electrons. The molecule has 5 nitrogen and oxygen atoms in total. The van der Waals surface area contributed by atoms with E-state index in [1.165, 1.54) is 4.31 Å². The molecule has 0 radical (unpaired) electrons. The van der Waals surface area contributed by atoms with Gasteiger partial charge in [0, 0.05) is 25.7 Å². The Morgan fingerprint density at radius 1 is 1.40 bits per heavy atom. The van der Waals surface area contributed by atoms with Crippen molar-refractivity contribution in [2.24, 2.45) is 5.73 Å². The average Bonchev–Trinajstić information content (AvgIpc) is 2.70. The van der Waals surface area contributed by atoms with Gasteiger partial charge < -0.3 is 5.73 Å². The van der Waals surface area contributed by atoms with Crippen LogP contribution in [0, 0.1) is 0 Å². The van der Waals surface area contributed by atoms with Gasteiger partial charge in [0.1, 0.15) is 0 Å². The third-order valence-electron chi connectivity index (χ3n) is 2.64. The van der Waals surface area contributed by atoms with E-state index in [9.17, 15) is 8.42 Å². The predicted octanol–water partition coefficient (Wildman–Crippen LogP) is 0.0440. The lowest BCUT2D eigenvalue weighted by Gasteiger charge is -2.21. The predicted molar refractivity (Wildman–Crippen MR) is 60.6 cm³/mol. The highest BCUT2D eigenvalue weighted by atomic mass is 32.2. The Morgan fingerprint density at radius 3 is 2.47 bits per heavy atom. The van der Waals surface area contributed by atoms with Gasteiger partial charge in [-0.25, -0.2) is 0 Å². The number of hydrogen-bond acceptors (Lipinski definition) is 3. The van der Waals surface area contributed by atoms with Gasteiger partial charge in [-0.15, -0.1) is 0 Å². The lowest BCUT2D eigenvalue weighted by molar-refractivity contribution is 0.445. The van der Waals surface area contributed by atoms with E-state index in [2.05, 4.69) is 4.72 Å². The lowest BCUT2D eigenvalue weighted by atomic mass is 10.2. The monoisotopic (exact) mass is 235 g/mol. The maximum Gasteiger partial charge on any atom is 0.279 e. The number of nitrogens with two attached hydrogens (primary N) is 1. The van der Waals surface area contributed by atoms with Crippen molar-refractivity contribution >= 4 is 10.2 Å². The summed E-state index contributed by atoms with van der Waals surface area (Å²) >= 11 is 0. The Balaban J connectivity index is 2.53. The van der Waals surface area contributed by atoms with E-state index in [4.69, 9.17) is 5.73 Å². The number of nitrogens with one attached hydrogen (secondary N) is 1. The number of rotatable bonds is 6. The van der Waals surface area contributed by atoms with E-state index in [0.29, 0.717) is 19.6 Å². The SMILES string of the molecule is CCCC(CN)NS(=O)(=O)N1CCCC1. The minimum absolute atomic E-state index is 0.124. The maximum absolute atomic E-state index is 11.8. The molecule has 0 saturated carbocycles. The van der Waals surface area contributed by atoms with E-state index >= 15 is 0 Å². The summed E-state index contributed by atoms with van der Waals surface area (Å²) in [5, 5.41) is 0. The van der Waals surface area contributed by atoms with Gasteiger partial charge in [0.05, 0.1) is 0 Å². The van der Waals surface area contributed by atoms with Gasteiger partial charge in [0.2, 0.25) is 0 Å². The molecule has 1 aliphatic rings. The Morgan fingerprint density at radius 2 is 2.00 bits per heavy atom. The molecule has 0 spiro atoms. The molecular formula is C9H21N3O2S. The molecule has 1 unspecified atom stereocenters. The van der Waals surface area contributed by atoms with Gasteiger partial charge in [-0.3, -0.25) is 0 Å². The minimum atomic E-state index is -3.29. The quantitative estimate of drug-likeness (QED) is 0.683. The number of nitrogens with zero attached hydrogens (tertiary/aromatic N) is 1. The molecule has 3 N–H and O–H groups in total. The third kappa shape index (κ3) is 3.71. The second-order valence-corrected chi connectivity index (χ2v) is 5.65. The molecule has 15 heavy (non-hydrogen) atoms. The van der Waals surface area contributed by atoms with Crippen molar-refractivity contribution in [1.82, 2.24) is 9.03 Å². The lowest BCUT2D eigenvalue weighted by Crippen LogP contribution is -2.46. The molecule has 6 heteroatoms. The van der Waals surface area contributed by atoms with Crippen molar-refractivity contribution in [3.8, 4) is 0 Å². The summed E-state index contributed by atoms with van der Waals surface area (Å²) < 4.78 is 27.8. The van der Waals surface area contributed by atoms with Gasteiger partial charge in [-0.2, -0.15) is 17.4 Å². The fourth-order valence-electron chi connectivity index (χ4n) is 1.79. The maximum atomic E-state index is 11.8. The van der Waals surface area contributed by atoms with Crippen molar-refractivity contribution in [1.29, 1.82) is 0 Å². The molecule has 1 fully saturated rings. The first-order chi connectivity index (χ1) is 7.10. The van der Waals surface area contributed by atoms with Gasteiger partial charge in [-0.05, 0) is 19.3 Å². The van der Waals surface area contributed by atoms with Gasteiger partial charge in [0.25, 0.3) is 10.2 Å². The highest BCUT2D eigenvalue weighted by Gasteiger charge is 2.26. The molecule has 0 bridgehead atoms. The fraction of sp³-hybridized carbons (Fsp3) is 1.00. The largest absolute Gasteiger partial charge is 0.329 e. The number of hydrogen-bond donors (Lipinski definition) is 2. The van der Waals surface area contributed by atoms with Crippen molar-refractivity contribution in [3.05, 3.63) is 0 Å². The van der Waals surface area contributed by atoms with Crippen LogP contribution in [-0.2, 0) is 10.2 Å². The van der Waals surface area contributed by atoms with E-state index in [0.717, 1.165) is 25.7 Å². The van der Waals surface area contributed by atoms with Crippen LogP contribution in [0.2, 0.25) is 0 Å². The topological polar surface area (TPSA) is 75.4 Å². The third-order valence-corrected chi connectivity index (χ3v) is 4.32. The summed E-state index contributed by atoms with van der Waals surface area (Å²) in [4.78, 5) is 0. The van der Waals surface area contributed by atoms with Crippen LogP contribution >= 0.6 is 0 Å². The first-order valence-electron chi connectivity index (χ1n) is 5.57. The van der Waals surface area contributed by atoms with Crippen LogP contribution in [-0.4, -0.2) is 38.4 Å². The molecule has 1 atom stereocenters. The standard InChI is InChI=1S/C9H21N3O2S/c1-2-5-9(8-10)11-15(13,14)12-6-3-4-7-12/h9,11H,2-8,10H2,1H3. The molecule has 1 aliphatic heterocycles. The fourth-order valence-corrected chi connectivity index (χ4v) is 3.31. The first kappa shape index (κ1) is 12.9. The normalized spacial score (nSPS) is 20.7. The zero-order chi connectivity index (χ0) is 11.3.